The molecule has 1 N–H and O–H groups in total. The Morgan fingerprint density at radius 3 is 3.08 bits per heavy atom. The molecular formula is C8H7IN2O. The van der Waals surface area contributed by atoms with Gasteiger partial charge in [0.2, 0.25) is 5.88 Å². The van der Waals surface area contributed by atoms with Gasteiger partial charge in [0.1, 0.15) is 0 Å². The predicted octanol–water partition coefficient (Wildman–Crippen LogP) is 2.18. The number of fused-ring (bicyclic) bond motifs is 1. The fourth-order valence-corrected chi connectivity index (χ4v) is 1.71. The number of ether oxygens (including phenoxy) is 1. The van der Waals surface area contributed by atoms with Crippen LogP contribution in [0.25, 0.3) is 10.9 Å². The Kier molecular flexibility index (Phi) is 1.92. The average Bonchev–Trinajstić information content (AvgIpc) is 2.43. The molecule has 0 saturated heterocycles. The predicted molar refractivity (Wildman–Crippen MR) is 55.4 cm³/mol. The van der Waals surface area contributed by atoms with E-state index in [9.17, 15) is 0 Å². The maximum atomic E-state index is 5.00. The molecule has 0 saturated carbocycles. The molecule has 0 aliphatic heterocycles. The van der Waals surface area contributed by atoms with Crippen LogP contribution in [0.1, 0.15) is 0 Å². The Hall–Kier alpha value is -0.780. The fourth-order valence-electron chi connectivity index (χ4n) is 1.08. The largest absolute Gasteiger partial charge is 0.481 e. The third kappa shape index (κ3) is 1.26. The number of nitrogens with one attached hydrogen (secondary N) is 1. The van der Waals surface area contributed by atoms with Crippen molar-refractivity contribution in [3.05, 3.63) is 22.0 Å². The van der Waals surface area contributed by atoms with Crippen molar-refractivity contribution in [3.63, 3.8) is 0 Å². The minimum absolute atomic E-state index is 0.640. The summed E-state index contributed by atoms with van der Waals surface area (Å²) in [7, 11) is 1.61. The molecule has 0 fully saturated rings. The molecule has 0 aromatic carbocycles. The standard InChI is InChI=1S/C8H7IN2O/c1-12-8-3-6-5(4-10-8)2-7(9)11-6/h2-4,11H,1H3. The molecule has 0 atom stereocenters. The number of aromatic nitrogens is 2. The van der Waals surface area contributed by atoms with Crippen molar-refractivity contribution in [2.24, 2.45) is 0 Å². The number of nitrogens with zero attached hydrogens (tertiary/aromatic N) is 1. The molecule has 0 bridgehead atoms. The lowest BCUT2D eigenvalue weighted by Gasteiger charge is -1.96. The van der Waals surface area contributed by atoms with Crippen molar-refractivity contribution in [1.82, 2.24) is 9.97 Å². The van der Waals surface area contributed by atoms with Gasteiger partial charge in [-0.2, -0.15) is 0 Å². The highest BCUT2D eigenvalue weighted by atomic mass is 127. The molecule has 0 spiro atoms. The van der Waals surface area contributed by atoms with Crippen LogP contribution in [-0.4, -0.2) is 17.1 Å². The second-order valence-corrected chi connectivity index (χ2v) is 3.59. The van der Waals surface area contributed by atoms with Crippen molar-refractivity contribution in [3.8, 4) is 5.88 Å². The first-order valence-corrected chi connectivity index (χ1v) is 4.56. The van der Waals surface area contributed by atoms with Crippen molar-refractivity contribution in [1.29, 1.82) is 0 Å². The maximum Gasteiger partial charge on any atom is 0.215 e. The van der Waals surface area contributed by atoms with Crippen molar-refractivity contribution >= 4 is 33.5 Å². The summed E-state index contributed by atoms with van der Waals surface area (Å²) in [6, 6.07) is 3.93. The van der Waals surface area contributed by atoms with Crippen LogP contribution in [-0.2, 0) is 0 Å². The molecule has 2 heterocycles. The summed E-state index contributed by atoms with van der Waals surface area (Å²) in [6.45, 7) is 0. The summed E-state index contributed by atoms with van der Waals surface area (Å²) in [5.74, 6) is 0.640. The number of methoxy groups -OCH3 is 1. The maximum absolute atomic E-state index is 5.00. The highest BCUT2D eigenvalue weighted by Crippen LogP contribution is 2.19. The third-order valence-electron chi connectivity index (χ3n) is 1.66. The summed E-state index contributed by atoms with van der Waals surface area (Å²) in [6.07, 6.45) is 1.80. The molecule has 0 aliphatic rings. The molecule has 0 aliphatic carbocycles. The highest BCUT2D eigenvalue weighted by molar-refractivity contribution is 14.1. The zero-order chi connectivity index (χ0) is 8.55. The van der Waals surface area contributed by atoms with E-state index in [1.54, 1.807) is 13.3 Å². The Bertz CT molecular complexity index is 410. The van der Waals surface area contributed by atoms with Gasteiger partial charge < -0.3 is 9.72 Å². The summed E-state index contributed by atoms with van der Waals surface area (Å²) in [5, 5.41) is 1.11. The molecule has 4 heteroatoms. The number of hydrogen-bond donors (Lipinski definition) is 1. The van der Waals surface area contributed by atoms with Crippen LogP contribution < -0.4 is 4.74 Å². The lowest BCUT2D eigenvalue weighted by atomic mass is 10.3. The Labute approximate surface area is 83.3 Å². The zero-order valence-corrected chi connectivity index (χ0v) is 8.62. The van der Waals surface area contributed by atoms with E-state index in [0.29, 0.717) is 5.88 Å². The van der Waals surface area contributed by atoms with E-state index < -0.39 is 0 Å². The number of halogens is 1. The van der Waals surface area contributed by atoms with Crippen LogP contribution in [0.3, 0.4) is 0 Å². The molecular weight excluding hydrogens is 267 g/mol. The van der Waals surface area contributed by atoms with E-state index in [4.69, 9.17) is 4.74 Å². The monoisotopic (exact) mass is 274 g/mol. The molecule has 12 heavy (non-hydrogen) atoms. The van der Waals surface area contributed by atoms with Gasteiger partial charge in [0, 0.05) is 17.6 Å². The van der Waals surface area contributed by atoms with Crippen LogP contribution in [0, 0.1) is 3.70 Å². The molecule has 3 nitrogen and oxygen atoms in total. The second kappa shape index (κ2) is 2.93. The second-order valence-electron chi connectivity index (χ2n) is 2.43. The average molecular weight is 274 g/mol. The van der Waals surface area contributed by atoms with Crippen molar-refractivity contribution in [2.45, 2.75) is 0 Å². The van der Waals surface area contributed by atoms with Crippen LogP contribution in [0.4, 0.5) is 0 Å². The summed E-state index contributed by atoms with van der Waals surface area (Å²) in [4.78, 5) is 7.29. The molecule has 0 radical (unpaired) electrons. The number of aromatic amines is 1. The normalized spacial score (nSPS) is 10.5. The van der Waals surface area contributed by atoms with Crippen LogP contribution >= 0.6 is 22.6 Å². The van der Waals surface area contributed by atoms with E-state index in [0.717, 1.165) is 14.6 Å². The van der Waals surface area contributed by atoms with Crippen LogP contribution in [0.15, 0.2) is 18.3 Å². The minimum Gasteiger partial charge on any atom is -0.481 e. The number of H-pyrrole nitrogens is 1. The van der Waals surface area contributed by atoms with Gasteiger partial charge in [-0.3, -0.25) is 0 Å². The van der Waals surface area contributed by atoms with Gasteiger partial charge in [0.25, 0.3) is 0 Å². The van der Waals surface area contributed by atoms with Gasteiger partial charge >= 0.3 is 0 Å². The molecule has 2 rings (SSSR count). The molecule has 2 aromatic rings. The van der Waals surface area contributed by atoms with Gasteiger partial charge in [-0.1, -0.05) is 0 Å². The Morgan fingerprint density at radius 2 is 2.33 bits per heavy atom. The summed E-state index contributed by atoms with van der Waals surface area (Å²) in [5.41, 5.74) is 1.06. The van der Waals surface area contributed by atoms with E-state index in [2.05, 4.69) is 32.6 Å². The Balaban J connectivity index is 2.66. The van der Waals surface area contributed by atoms with Crippen molar-refractivity contribution in [2.75, 3.05) is 7.11 Å². The smallest absolute Gasteiger partial charge is 0.215 e. The number of hydrogen-bond acceptors (Lipinski definition) is 2. The van der Waals surface area contributed by atoms with Crippen molar-refractivity contribution < 1.29 is 4.74 Å². The minimum atomic E-state index is 0.640. The number of rotatable bonds is 1. The number of pyridine rings is 1. The van der Waals surface area contributed by atoms with Gasteiger partial charge in [0.05, 0.1) is 16.3 Å². The lowest BCUT2D eigenvalue weighted by molar-refractivity contribution is 0.398. The third-order valence-corrected chi connectivity index (χ3v) is 2.24. The van der Waals surface area contributed by atoms with Gasteiger partial charge in [-0.25, -0.2) is 4.98 Å². The zero-order valence-electron chi connectivity index (χ0n) is 6.47. The fraction of sp³-hybridized carbons (Fsp3) is 0.125. The summed E-state index contributed by atoms with van der Waals surface area (Å²) >= 11 is 2.23. The lowest BCUT2D eigenvalue weighted by Crippen LogP contribution is -1.85. The molecule has 2 aromatic heterocycles. The Morgan fingerprint density at radius 1 is 1.50 bits per heavy atom. The van der Waals surface area contributed by atoms with E-state index in [-0.39, 0.29) is 0 Å². The highest BCUT2D eigenvalue weighted by Gasteiger charge is 1.99. The molecule has 0 amide bonds. The van der Waals surface area contributed by atoms with E-state index >= 15 is 0 Å². The topological polar surface area (TPSA) is 37.9 Å². The van der Waals surface area contributed by atoms with Gasteiger partial charge in [-0.05, 0) is 28.7 Å². The SMILES string of the molecule is COc1cc2[nH]c(I)cc2cn1. The van der Waals surface area contributed by atoms with Crippen LogP contribution in [0.5, 0.6) is 5.88 Å². The van der Waals surface area contributed by atoms with Gasteiger partial charge in [0.15, 0.2) is 0 Å². The van der Waals surface area contributed by atoms with E-state index in [1.807, 2.05) is 12.1 Å². The molecule has 62 valence electrons. The first-order chi connectivity index (χ1) is 5.79. The quantitative estimate of drug-likeness (QED) is 0.809. The first kappa shape index (κ1) is 7.85. The first-order valence-electron chi connectivity index (χ1n) is 3.48. The molecule has 0 unspecified atom stereocenters. The van der Waals surface area contributed by atoms with Crippen LogP contribution in [0.2, 0.25) is 0 Å². The summed E-state index contributed by atoms with van der Waals surface area (Å²) < 4.78 is 6.11. The van der Waals surface area contributed by atoms with Gasteiger partial charge in [-0.15, -0.1) is 0 Å². The van der Waals surface area contributed by atoms with E-state index in [1.165, 1.54) is 0 Å².